The largest absolute Gasteiger partial charge is 0.494 e. The van der Waals surface area contributed by atoms with E-state index in [1.54, 1.807) is 12.1 Å². The number of hydrogen-bond acceptors (Lipinski definition) is 8. The fraction of sp³-hybridized carbons (Fsp3) is 0.400. The number of aromatic nitrogens is 2. The van der Waals surface area contributed by atoms with Gasteiger partial charge in [-0.05, 0) is 136 Å². The average Bonchev–Trinajstić information content (AvgIpc) is 3.30. The highest BCUT2D eigenvalue weighted by Gasteiger charge is 2.52. The van der Waals surface area contributed by atoms with E-state index in [9.17, 15) is 18.4 Å². The molecule has 0 atom stereocenters. The number of carbonyl (C=O) groups excluding carboxylic acids is 2. The molecule has 4 aromatic rings. The third kappa shape index (κ3) is 11.0. The third-order valence-electron chi connectivity index (χ3n) is 8.85. The first-order valence-corrected chi connectivity index (χ1v) is 18.4. The summed E-state index contributed by atoms with van der Waals surface area (Å²) in [7, 11) is 1.73. The lowest BCUT2D eigenvalue weighted by atomic mass is 9.78. The first-order valence-electron chi connectivity index (χ1n) is 16.8. The Hall–Kier alpha value is -3.52. The van der Waals surface area contributed by atoms with E-state index in [0.717, 1.165) is 11.4 Å². The monoisotopic (exact) mass is 858 g/mol. The van der Waals surface area contributed by atoms with Crippen molar-refractivity contribution in [2.75, 3.05) is 14.2 Å². The van der Waals surface area contributed by atoms with E-state index < -0.39 is 41.9 Å². The highest BCUT2D eigenvalue weighted by atomic mass is 79.9. The predicted octanol–water partition coefficient (Wildman–Crippen LogP) is 9.79. The first-order chi connectivity index (χ1) is 24.4. The van der Waals surface area contributed by atoms with E-state index in [-0.39, 0.29) is 22.0 Å². The summed E-state index contributed by atoms with van der Waals surface area (Å²) in [6.45, 7) is 21.0. The SMILES string of the molecule is CC(C)(C)c1ccnc(-c2cc(C(C)(C)C)ccn2)c1.COC(=O)c1c(F)cc(B2OC(C)(C)C(C)(C)O2)cc1Br.COC(=O)c1c(F)cccc1Br. The number of halogens is 4. The van der Waals surface area contributed by atoms with Crippen molar-refractivity contribution in [1.29, 1.82) is 0 Å². The highest BCUT2D eigenvalue weighted by molar-refractivity contribution is 9.10. The Labute approximate surface area is 328 Å². The lowest BCUT2D eigenvalue weighted by molar-refractivity contribution is 0.00578. The highest BCUT2D eigenvalue weighted by Crippen LogP contribution is 2.37. The smallest absolute Gasteiger partial charge is 0.465 e. The number of ether oxygens (including phenoxy) is 2. The van der Waals surface area contributed by atoms with Crippen LogP contribution >= 0.6 is 31.9 Å². The molecule has 0 unspecified atom stereocenters. The van der Waals surface area contributed by atoms with Crippen molar-refractivity contribution < 1.29 is 37.2 Å². The number of nitrogens with zero attached hydrogens (tertiary/aromatic N) is 2. The summed E-state index contributed by atoms with van der Waals surface area (Å²) in [5, 5.41) is 0. The van der Waals surface area contributed by atoms with Crippen LogP contribution in [0.4, 0.5) is 8.78 Å². The van der Waals surface area contributed by atoms with Crippen molar-refractivity contribution in [3.05, 3.63) is 110 Å². The summed E-state index contributed by atoms with van der Waals surface area (Å²) in [5.74, 6) is -2.68. The van der Waals surface area contributed by atoms with Gasteiger partial charge in [-0.25, -0.2) is 18.4 Å². The van der Waals surface area contributed by atoms with Crippen LogP contribution < -0.4 is 5.46 Å². The van der Waals surface area contributed by atoms with Gasteiger partial charge in [-0.1, -0.05) is 47.6 Å². The van der Waals surface area contributed by atoms with Gasteiger partial charge in [-0.15, -0.1) is 0 Å². The van der Waals surface area contributed by atoms with Gasteiger partial charge in [0.2, 0.25) is 0 Å². The molecule has 0 aliphatic carbocycles. The summed E-state index contributed by atoms with van der Waals surface area (Å²) in [4.78, 5) is 31.5. The van der Waals surface area contributed by atoms with Gasteiger partial charge in [-0.3, -0.25) is 9.97 Å². The van der Waals surface area contributed by atoms with Crippen molar-refractivity contribution in [2.24, 2.45) is 0 Å². The molecule has 1 saturated heterocycles. The zero-order valence-corrected chi connectivity index (χ0v) is 35.5. The van der Waals surface area contributed by atoms with E-state index in [2.05, 4.69) is 117 Å². The second-order valence-corrected chi connectivity index (χ2v) is 17.1. The maximum Gasteiger partial charge on any atom is 0.494 e. The number of esters is 2. The molecule has 0 bridgehead atoms. The van der Waals surface area contributed by atoms with Crippen LogP contribution in [0.25, 0.3) is 11.4 Å². The first kappa shape index (κ1) is 43.9. The van der Waals surface area contributed by atoms with Crippen molar-refractivity contribution in [3.63, 3.8) is 0 Å². The van der Waals surface area contributed by atoms with E-state index in [0.29, 0.717) is 14.4 Å². The van der Waals surface area contributed by atoms with Crippen LogP contribution in [0.3, 0.4) is 0 Å². The van der Waals surface area contributed by atoms with Crippen LogP contribution in [0.1, 0.15) is 101 Å². The van der Waals surface area contributed by atoms with Crippen molar-refractivity contribution in [1.82, 2.24) is 9.97 Å². The van der Waals surface area contributed by atoms with E-state index >= 15 is 0 Å². The fourth-order valence-electron chi connectivity index (χ4n) is 4.87. The lowest BCUT2D eigenvalue weighted by Crippen LogP contribution is -2.41. The molecule has 2 aromatic carbocycles. The molecule has 13 heteroatoms. The van der Waals surface area contributed by atoms with Gasteiger partial charge in [0.25, 0.3) is 0 Å². The van der Waals surface area contributed by atoms with E-state index in [1.807, 2.05) is 40.1 Å². The second-order valence-electron chi connectivity index (χ2n) is 15.4. The minimum absolute atomic E-state index is 0.0694. The van der Waals surface area contributed by atoms with E-state index in [4.69, 9.17) is 9.31 Å². The molecule has 3 heterocycles. The Morgan fingerprint density at radius 3 is 1.49 bits per heavy atom. The summed E-state index contributed by atoms with van der Waals surface area (Å²) in [6, 6.07) is 15.6. The Kier molecular flexibility index (Phi) is 14.3. The van der Waals surface area contributed by atoms with Gasteiger partial charge in [-0.2, -0.15) is 0 Å². The van der Waals surface area contributed by atoms with Crippen LogP contribution in [-0.4, -0.2) is 54.4 Å². The van der Waals surface area contributed by atoms with Gasteiger partial charge in [0.05, 0.1) is 36.8 Å². The van der Waals surface area contributed by atoms with Gasteiger partial charge in [0, 0.05) is 21.3 Å². The molecule has 0 amide bonds. The molecule has 0 spiro atoms. The Morgan fingerprint density at radius 1 is 0.679 bits per heavy atom. The number of benzene rings is 2. The average molecular weight is 860 g/mol. The fourth-order valence-corrected chi connectivity index (χ4v) is 5.99. The molecule has 53 heavy (non-hydrogen) atoms. The quantitative estimate of drug-likeness (QED) is 0.148. The zero-order valence-electron chi connectivity index (χ0n) is 32.3. The lowest BCUT2D eigenvalue weighted by Gasteiger charge is -2.32. The molecule has 0 N–H and O–H groups in total. The molecule has 1 fully saturated rings. The number of pyridine rings is 2. The van der Waals surface area contributed by atoms with E-state index in [1.165, 1.54) is 43.5 Å². The minimum atomic E-state index is -0.736. The summed E-state index contributed by atoms with van der Waals surface area (Å²) in [6.07, 6.45) is 3.75. The van der Waals surface area contributed by atoms with Crippen LogP contribution in [0.15, 0.2) is 75.9 Å². The predicted molar refractivity (Wildman–Crippen MR) is 211 cm³/mol. The number of methoxy groups -OCH3 is 2. The van der Waals surface area contributed by atoms with Crippen LogP contribution in [0.2, 0.25) is 0 Å². The maximum absolute atomic E-state index is 14.1. The number of hydrogen-bond donors (Lipinski definition) is 0. The van der Waals surface area contributed by atoms with Crippen LogP contribution in [0.5, 0.6) is 0 Å². The second kappa shape index (κ2) is 17.3. The Balaban J connectivity index is 0.000000222. The molecule has 0 saturated carbocycles. The number of rotatable bonds is 4. The molecule has 1 aliphatic heterocycles. The molecular formula is C40H47BBr2F2N2O6. The van der Waals surface area contributed by atoms with Gasteiger partial charge >= 0.3 is 19.1 Å². The molecule has 5 rings (SSSR count). The topological polar surface area (TPSA) is 96.8 Å². The van der Waals surface area contributed by atoms with Gasteiger partial charge in [0.15, 0.2) is 0 Å². The van der Waals surface area contributed by atoms with Crippen LogP contribution in [-0.2, 0) is 29.6 Å². The standard InChI is InChI=1S/C18H24N2.C14H17BBrFO4.C8H6BrFO2/c1-17(2,3)13-7-9-19-15(11-13)16-12-14(8-10-20-16)18(4,5)6;1-13(2)14(3,4)21-15(20-13)8-6-9(16)11(10(17)7-8)12(18)19-5;1-12-8(11)7-5(9)3-2-4-6(7)10/h7-12H,1-6H3;6-7H,1-5H3;2-4H,1H3. The zero-order chi connectivity index (χ0) is 40.1. The normalized spacial score (nSPS) is 14.7. The third-order valence-corrected chi connectivity index (χ3v) is 10.1. The molecule has 1 aliphatic rings. The molecule has 8 nitrogen and oxygen atoms in total. The molecule has 0 radical (unpaired) electrons. The molecule has 2 aromatic heterocycles. The Morgan fingerprint density at radius 2 is 1.11 bits per heavy atom. The maximum atomic E-state index is 14.1. The minimum Gasteiger partial charge on any atom is -0.465 e. The van der Waals surface area contributed by atoms with Crippen molar-refractivity contribution >= 4 is 56.4 Å². The summed E-state index contributed by atoms with van der Waals surface area (Å²) >= 11 is 6.24. The van der Waals surface area contributed by atoms with Gasteiger partial charge in [0.1, 0.15) is 22.8 Å². The Bertz CT molecular complexity index is 1830. The van der Waals surface area contributed by atoms with Crippen molar-refractivity contribution in [3.8, 4) is 11.4 Å². The summed E-state index contributed by atoms with van der Waals surface area (Å²) in [5.41, 5.74) is 3.98. The molecule has 284 valence electrons. The van der Waals surface area contributed by atoms with Crippen LogP contribution in [0, 0.1) is 11.6 Å². The van der Waals surface area contributed by atoms with Crippen molar-refractivity contribution in [2.45, 2.75) is 91.3 Å². The molecular weight excluding hydrogens is 813 g/mol. The summed E-state index contributed by atoms with van der Waals surface area (Å²) < 4.78 is 48.5. The number of carbonyl (C=O) groups is 2. The van der Waals surface area contributed by atoms with Gasteiger partial charge < -0.3 is 18.8 Å².